The summed E-state index contributed by atoms with van der Waals surface area (Å²) >= 11 is 0. The first-order valence-electron chi connectivity index (χ1n) is 7.23. The van der Waals surface area contributed by atoms with Crippen LogP contribution in [0.1, 0.15) is 12.5 Å². The molecule has 3 nitrogen and oxygen atoms in total. The molecule has 0 saturated heterocycles. The summed E-state index contributed by atoms with van der Waals surface area (Å²) in [5, 5.41) is 0. The van der Waals surface area contributed by atoms with Crippen molar-refractivity contribution in [2.75, 3.05) is 21.2 Å². The van der Waals surface area contributed by atoms with Crippen molar-refractivity contribution in [3.63, 3.8) is 0 Å². The molecule has 0 heterocycles. The van der Waals surface area contributed by atoms with E-state index in [0.29, 0.717) is 0 Å². The third kappa shape index (κ3) is 4.00. The Labute approximate surface area is 122 Å². The first-order chi connectivity index (χ1) is 10.2. The molecule has 0 fully saturated rings. The van der Waals surface area contributed by atoms with Crippen molar-refractivity contribution in [1.82, 2.24) is 4.90 Å². The minimum absolute atomic E-state index is 0.262. The molecule has 2 aromatic carbocycles. The van der Waals surface area contributed by atoms with E-state index in [1.807, 2.05) is 48.5 Å². The highest BCUT2D eigenvalue weighted by atomic mass is 16.5. The van der Waals surface area contributed by atoms with Crippen molar-refractivity contribution in [2.45, 2.75) is 13.1 Å². The molecule has 0 spiro atoms. The second-order valence-corrected chi connectivity index (χ2v) is 4.68. The molecule has 0 saturated carbocycles. The highest BCUT2D eigenvalue weighted by Crippen LogP contribution is 2.15. The molecule has 2 aromatic rings. The predicted octanol–water partition coefficient (Wildman–Crippen LogP) is 3.34. The molecule has 0 unspecified atom stereocenters. The lowest BCUT2D eigenvalue weighted by Gasteiger charge is -2.17. The molecule has 0 bridgehead atoms. The van der Waals surface area contributed by atoms with Gasteiger partial charge in [0.2, 0.25) is 0 Å². The normalized spacial score (nSPS) is 11.2. The largest absolute Gasteiger partial charge is 0.497 e. The van der Waals surface area contributed by atoms with Crippen LogP contribution in [0.4, 0.5) is 0 Å². The fraction of sp³-hybridized carbons (Fsp3) is 0.294. The minimum Gasteiger partial charge on any atom is -0.497 e. The van der Waals surface area contributed by atoms with E-state index in [4.69, 9.17) is 10.8 Å². The molecule has 0 aliphatic heterocycles. The maximum atomic E-state index is 7.69. The Bertz CT molecular complexity index is 490. The Morgan fingerprint density at radius 2 is 1.20 bits per heavy atom. The highest BCUT2D eigenvalue weighted by Gasteiger charge is 2.03. The number of ether oxygens (including phenoxy) is 2. The van der Waals surface area contributed by atoms with Crippen molar-refractivity contribution in [1.29, 1.82) is 0 Å². The van der Waals surface area contributed by atoms with E-state index in [1.54, 1.807) is 14.2 Å². The van der Waals surface area contributed by atoms with Crippen molar-refractivity contribution in [2.24, 2.45) is 0 Å². The van der Waals surface area contributed by atoms with Gasteiger partial charge in [0.05, 0.1) is 14.2 Å². The smallest absolute Gasteiger partial charge is 0.118 e. The van der Waals surface area contributed by atoms with Crippen LogP contribution in [0.5, 0.6) is 11.5 Å². The fourth-order valence-corrected chi connectivity index (χ4v) is 2.03. The van der Waals surface area contributed by atoms with Crippen molar-refractivity contribution < 1.29 is 10.8 Å². The molecule has 0 aliphatic rings. The van der Waals surface area contributed by atoms with Crippen LogP contribution >= 0.6 is 0 Å². The monoisotopic (exact) mass is 272 g/mol. The standard InChI is InChI=1S/C17H21NO2/c1-18(12-14-4-8-16(19-2)9-5-14)13-15-6-10-17(20-3)11-7-15/h4-11H,12-13H2,1-3H3/i1D. The second kappa shape index (κ2) is 6.96. The zero-order valence-electron chi connectivity index (χ0n) is 13.0. The zero-order chi connectivity index (χ0) is 15.1. The lowest BCUT2D eigenvalue weighted by atomic mass is 10.1. The van der Waals surface area contributed by atoms with Gasteiger partial charge in [0.1, 0.15) is 11.5 Å². The quantitative estimate of drug-likeness (QED) is 0.805. The first-order valence-corrected chi connectivity index (χ1v) is 6.52. The van der Waals surface area contributed by atoms with Crippen molar-refractivity contribution in [3.8, 4) is 11.5 Å². The SMILES string of the molecule is [2H]CN(Cc1ccc(OC)cc1)Cc1ccc(OC)cc1. The maximum absolute atomic E-state index is 7.69. The summed E-state index contributed by atoms with van der Waals surface area (Å²) in [4.78, 5) is 2.07. The lowest BCUT2D eigenvalue weighted by molar-refractivity contribution is 0.318. The van der Waals surface area contributed by atoms with Crippen LogP contribution in [0.25, 0.3) is 0 Å². The summed E-state index contributed by atoms with van der Waals surface area (Å²) in [5.41, 5.74) is 2.35. The van der Waals surface area contributed by atoms with Crippen LogP contribution in [-0.2, 0) is 13.1 Å². The Morgan fingerprint density at radius 1 is 0.800 bits per heavy atom. The molecule has 0 radical (unpaired) electrons. The summed E-state index contributed by atoms with van der Waals surface area (Å²) in [6, 6.07) is 15.9. The summed E-state index contributed by atoms with van der Waals surface area (Å²) in [7, 11) is 3.58. The van der Waals surface area contributed by atoms with Crippen LogP contribution in [0.2, 0.25) is 0 Å². The Morgan fingerprint density at radius 3 is 1.50 bits per heavy atom. The number of nitrogens with zero attached hydrogens (tertiary/aromatic N) is 1. The maximum Gasteiger partial charge on any atom is 0.118 e. The minimum atomic E-state index is 0.262. The van der Waals surface area contributed by atoms with Gasteiger partial charge in [-0.1, -0.05) is 24.3 Å². The fourth-order valence-electron chi connectivity index (χ4n) is 2.03. The number of hydrogen-bond donors (Lipinski definition) is 0. The first kappa shape index (κ1) is 13.0. The van der Waals surface area contributed by atoms with E-state index in [2.05, 4.69) is 4.90 Å². The molecule has 0 aromatic heterocycles. The second-order valence-electron chi connectivity index (χ2n) is 4.68. The molecular formula is C17H21NO2. The number of benzene rings is 2. The summed E-state index contributed by atoms with van der Waals surface area (Å²) in [6.07, 6.45) is 0. The molecule has 0 atom stereocenters. The van der Waals surface area contributed by atoms with Gasteiger partial charge in [0.15, 0.2) is 0 Å². The van der Waals surface area contributed by atoms with Gasteiger partial charge in [-0.15, -0.1) is 0 Å². The molecule has 0 aliphatic carbocycles. The van der Waals surface area contributed by atoms with Crippen molar-refractivity contribution >= 4 is 0 Å². The van der Waals surface area contributed by atoms with Gasteiger partial charge in [0, 0.05) is 14.5 Å². The molecule has 2 rings (SSSR count). The van der Waals surface area contributed by atoms with Gasteiger partial charge in [0.25, 0.3) is 0 Å². The van der Waals surface area contributed by atoms with Crippen LogP contribution in [0.15, 0.2) is 48.5 Å². The number of rotatable bonds is 6. The highest BCUT2D eigenvalue weighted by molar-refractivity contribution is 5.28. The van der Waals surface area contributed by atoms with E-state index in [0.717, 1.165) is 24.6 Å². The molecular weight excluding hydrogens is 250 g/mol. The topological polar surface area (TPSA) is 21.7 Å². The average molecular weight is 272 g/mol. The third-order valence-corrected chi connectivity index (χ3v) is 3.13. The third-order valence-electron chi connectivity index (χ3n) is 3.13. The summed E-state index contributed by atoms with van der Waals surface area (Å²) in [6.45, 7) is 1.50. The summed E-state index contributed by atoms with van der Waals surface area (Å²) in [5.74, 6) is 1.71. The van der Waals surface area contributed by atoms with E-state index in [-0.39, 0.29) is 7.02 Å². The van der Waals surface area contributed by atoms with E-state index in [9.17, 15) is 0 Å². The Kier molecular flexibility index (Phi) is 4.53. The van der Waals surface area contributed by atoms with Gasteiger partial charge in [-0.2, -0.15) is 0 Å². The van der Waals surface area contributed by atoms with Gasteiger partial charge >= 0.3 is 0 Å². The van der Waals surface area contributed by atoms with Crippen LogP contribution < -0.4 is 9.47 Å². The van der Waals surface area contributed by atoms with Crippen LogP contribution in [0.3, 0.4) is 0 Å². The summed E-state index contributed by atoms with van der Waals surface area (Å²) < 4.78 is 18.0. The molecule has 20 heavy (non-hydrogen) atoms. The van der Waals surface area contributed by atoms with Crippen LogP contribution in [0, 0.1) is 0 Å². The van der Waals surface area contributed by atoms with E-state index in [1.165, 1.54) is 11.1 Å². The molecule has 0 amide bonds. The molecule has 3 heteroatoms. The van der Waals surface area contributed by atoms with E-state index < -0.39 is 0 Å². The number of methoxy groups -OCH3 is 2. The van der Waals surface area contributed by atoms with Gasteiger partial charge in [-0.25, -0.2) is 0 Å². The van der Waals surface area contributed by atoms with Crippen molar-refractivity contribution in [3.05, 3.63) is 59.7 Å². The van der Waals surface area contributed by atoms with Gasteiger partial charge in [-0.3, -0.25) is 4.90 Å². The van der Waals surface area contributed by atoms with E-state index >= 15 is 0 Å². The zero-order valence-corrected chi connectivity index (χ0v) is 12.0. The number of hydrogen-bond acceptors (Lipinski definition) is 3. The van der Waals surface area contributed by atoms with Crippen LogP contribution in [-0.4, -0.2) is 26.1 Å². The average Bonchev–Trinajstić information content (AvgIpc) is 2.55. The Hall–Kier alpha value is -2.00. The van der Waals surface area contributed by atoms with Gasteiger partial charge < -0.3 is 9.47 Å². The van der Waals surface area contributed by atoms with Gasteiger partial charge in [-0.05, 0) is 42.4 Å². The molecule has 0 N–H and O–H groups in total. The molecule has 106 valence electrons. The Balaban J connectivity index is 1.98. The lowest BCUT2D eigenvalue weighted by Crippen LogP contribution is -2.17. The predicted molar refractivity (Wildman–Crippen MR) is 81.2 cm³/mol.